The number of carbonyl (C=O) groups is 1. The van der Waals surface area contributed by atoms with Gasteiger partial charge in [0.2, 0.25) is 0 Å². The van der Waals surface area contributed by atoms with Gasteiger partial charge in [-0.05, 0) is 106 Å². The molecule has 0 amide bonds. The summed E-state index contributed by atoms with van der Waals surface area (Å²) in [6.45, 7) is 4.95. The van der Waals surface area contributed by atoms with Crippen LogP contribution < -0.4 is 0 Å². The van der Waals surface area contributed by atoms with Crippen LogP contribution in [0.2, 0.25) is 5.02 Å². The van der Waals surface area contributed by atoms with Gasteiger partial charge in [-0.3, -0.25) is 9.48 Å². The maximum Gasteiger partial charge on any atom is 0.157 e. The number of nitrogens with zero attached hydrogens (tertiary/aromatic N) is 2. The first-order valence-corrected chi connectivity index (χ1v) is 12.6. The predicted octanol–water partition coefficient (Wildman–Crippen LogP) is 5.52. The Morgan fingerprint density at radius 2 is 1.97 bits per heavy atom. The molecule has 2 bridgehead atoms. The van der Waals surface area contributed by atoms with Gasteiger partial charge in [0, 0.05) is 12.1 Å². The van der Waals surface area contributed by atoms with E-state index in [2.05, 4.69) is 12.0 Å². The summed E-state index contributed by atoms with van der Waals surface area (Å²) >= 11 is 5.98. The number of hydrogen-bond donors (Lipinski definition) is 1. The number of aromatic nitrogens is 2. The molecule has 4 aliphatic carbocycles. The van der Waals surface area contributed by atoms with Crippen molar-refractivity contribution in [3.05, 3.63) is 17.4 Å². The summed E-state index contributed by atoms with van der Waals surface area (Å²) in [5.74, 6) is 4.16. The fourth-order valence-electron chi connectivity index (χ4n) is 8.25. The molecule has 5 heteroatoms. The highest BCUT2D eigenvalue weighted by molar-refractivity contribution is 6.30. The van der Waals surface area contributed by atoms with E-state index in [1.165, 1.54) is 44.9 Å². The fourth-order valence-corrected chi connectivity index (χ4v) is 8.40. The Hall–Kier alpha value is -0.870. The highest BCUT2D eigenvalue weighted by atomic mass is 35.5. The average Bonchev–Trinajstić information content (AvgIpc) is 3.04. The smallest absolute Gasteiger partial charge is 0.157 e. The number of carbonyl (C=O) groups excluding carboxylic acids is 1. The van der Waals surface area contributed by atoms with E-state index in [0.717, 1.165) is 37.0 Å². The molecule has 30 heavy (non-hydrogen) atoms. The molecule has 4 nitrogen and oxygen atoms in total. The number of hydrogen-bond acceptors (Lipinski definition) is 3. The lowest BCUT2D eigenvalue weighted by Gasteiger charge is -2.57. The van der Waals surface area contributed by atoms with Crippen LogP contribution in [0.3, 0.4) is 0 Å². The standard InChI is InChI=1S/C25H37ClN2O2/c1-24(30)9-10-25(2)18(12-24)5-7-20-16-3-6-21(17(11-16)4-8-22(20)25)23(29)15-28-14-19(26)13-27-28/h13-14,16-18,20-22,30H,3-12,15H2,1-2H3/t16-,17-,18-,20+,21+,22+,24-,25+/m1/s1. The Bertz CT molecular complexity index is 805. The van der Waals surface area contributed by atoms with Crippen LogP contribution in [0.1, 0.15) is 78.1 Å². The fraction of sp³-hybridized carbons (Fsp3) is 0.840. The molecule has 5 rings (SSSR count). The summed E-state index contributed by atoms with van der Waals surface area (Å²) in [6, 6.07) is 0. The first-order chi connectivity index (χ1) is 14.2. The topological polar surface area (TPSA) is 55.1 Å². The molecule has 0 aliphatic heterocycles. The Labute approximate surface area is 185 Å². The molecule has 4 saturated carbocycles. The lowest BCUT2D eigenvalue weighted by atomic mass is 9.48. The van der Waals surface area contributed by atoms with Gasteiger partial charge in [-0.1, -0.05) is 18.5 Å². The molecule has 0 unspecified atom stereocenters. The number of Topliss-reactive ketones (excluding diaryl/α,β-unsaturated/α-hetero) is 1. The van der Waals surface area contributed by atoms with E-state index >= 15 is 0 Å². The molecule has 0 radical (unpaired) electrons. The number of fused-ring (bicyclic) bond motifs is 6. The Morgan fingerprint density at radius 3 is 2.73 bits per heavy atom. The van der Waals surface area contributed by atoms with Gasteiger partial charge in [0.15, 0.2) is 5.78 Å². The zero-order chi connectivity index (χ0) is 21.1. The molecule has 0 spiro atoms. The summed E-state index contributed by atoms with van der Waals surface area (Å²) < 4.78 is 1.70. The van der Waals surface area contributed by atoms with E-state index in [9.17, 15) is 9.90 Å². The van der Waals surface area contributed by atoms with E-state index < -0.39 is 5.60 Å². The summed E-state index contributed by atoms with van der Waals surface area (Å²) in [7, 11) is 0. The normalized spacial score (nSPS) is 45.9. The summed E-state index contributed by atoms with van der Waals surface area (Å²) in [5, 5.41) is 15.5. The SMILES string of the molecule is C[C@@]1(O)CC[C@@]2(C)[C@H](CC[C@H]3[C@@H]4CC[C@H](C(=O)Cn5cc(Cl)cn5)[C@H](CC[C@@H]32)C4)C1. The number of rotatable bonds is 3. The monoisotopic (exact) mass is 432 g/mol. The predicted molar refractivity (Wildman–Crippen MR) is 118 cm³/mol. The largest absolute Gasteiger partial charge is 0.390 e. The van der Waals surface area contributed by atoms with Gasteiger partial charge in [-0.25, -0.2) is 0 Å². The minimum atomic E-state index is -0.468. The molecule has 166 valence electrons. The molecule has 1 aromatic heterocycles. The number of halogens is 1. The molecule has 0 saturated heterocycles. The van der Waals surface area contributed by atoms with E-state index in [0.29, 0.717) is 34.6 Å². The van der Waals surface area contributed by atoms with Gasteiger partial charge in [-0.15, -0.1) is 0 Å². The molecule has 1 heterocycles. The molecule has 1 aromatic rings. The van der Waals surface area contributed by atoms with Gasteiger partial charge in [0.1, 0.15) is 0 Å². The molecule has 4 fully saturated rings. The van der Waals surface area contributed by atoms with Crippen LogP contribution in [0.5, 0.6) is 0 Å². The second kappa shape index (κ2) is 7.62. The Morgan fingerprint density at radius 1 is 1.17 bits per heavy atom. The van der Waals surface area contributed by atoms with Crippen molar-refractivity contribution in [2.24, 2.45) is 40.9 Å². The molecule has 8 atom stereocenters. The van der Waals surface area contributed by atoms with Crippen molar-refractivity contribution in [1.29, 1.82) is 0 Å². The lowest BCUT2D eigenvalue weighted by molar-refractivity contribution is -0.127. The lowest BCUT2D eigenvalue weighted by Crippen LogP contribution is -2.51. The van der Waals surface area contributed by atoms with Crippen molar-refractivity contribution in [3.8, 4) is 0 Å². The quantitative estimate of drug-likeness (QED) is 0.684. The third-order valence-electron chi connectivity index (χ3n) is 9.84. The van der Waals surface area contributed by atoms with Crippen molar-refractivity contribution in [2.45, 2.75) is 90.2 Å². The highest BCUT2D eigenvalue weighted by Crippen LogP contribution is 2.62. The van der Waals surface area contributed by atoms with E-state index in [-0.39, 0.29) is 5.92 Å². The maximum atomic E-state index is 13.1. The molecule has 4 aliphatic rings. The van der Waals surface area contributed by atoms with Crippen LogP contribution in [0.4, 0.5) is 0 Å². The molecular weight excluding hydrogens is 396 g/mol. The van der Waals surface area contributed by atoms with Crippen LogP contribution >= 0.6 is 11.6 Å². The van der Waals surface area contributed by atoms with Crippen molar-refractivity contribution < 1.29 is 9.90 Å². The second-order valence-electron chi connectivity index (χ2n) is 11.6. The number of ketones is 1. The van der Waals surface area contributed by atoms with Crippen molar-refractivity contribution in [1.82, 2.24) is 9.78 Å². The van der Waals surface area contributed by atoms with Crippen molar-refractivity contribution >= 4 is 17.4 Å². The van der Waals surface area contributed by atoms with Gasteiger partial charge in [-0.2, -0.15) is 5.10 Å². The van der Waals surface area contributed by atoms with Crippen LogP contribution in [-0.2, 0) is 11.3 Å². The highest BCUT2D eigenvalue weighted by Gasteiger charge is 2.55. The van der Waals surface area contributed by atoms with Crippen molar-refractivity contribution in [2.75, 3.05) is 0 Å². The molecule has 0 aromatic carbocycles. The van der Waals surface area contributed by atoms with E-state index in [4.69, 9.17) is 11.6 Å². The minimum absolute atomic E-state index is 0.195. The number of aliphatic hydroxyl groups is 1. The van der Waals surface area contributed by atoms with Crippen LogP contribution in [-0.4, -0.2) is 26.3 Å². The van der Waals surface area contributed by atoms with E-state index in [1.807, 2.05) is 6.92 Å². The van der Waals surface area contributed by atoms with Crippen LogP contribution in [0, 0.1) is 40.9 Å². The summed E-state index contributed by atoms with van der Waals surface area (Å²) in [4.78, 5) is 13.1. The average molecular weight is 433 g/mol. The van der Waals surface area contributed by atoms with Crippen LogP contribution in [0.25, 0.3) is 0 Å². The first-order valence-electron chi connectivity index (χ1n) is 12.2. The third kappa shape index (κ3) is 3.66. The van der Waals surface area contributed by atoms with Gasteiger partial charge in [0.25, 0.3) is 0 Å². The minimum Gasteiger partial charge on any atom is -0.390 e. The van der Waals surface area contributed by atoms with Crippen LogP contribution in [0.15, 0.2) is 12.4 Å². The first kappa shape index (κ1) is 21.0. The van der Waals surface area contributed by atoms with Gasteiger partial charge in [0.05, 0.1) is 23.4 Å². The van der Waals surface area contributed by atoms with Crippen molar-refractivity contribution in [3.63, 3.8) is 0 Å². The molecular formula is C25H37ClN2O2. The Balaban J connectivity index is 1.32. The second-order valence-corrected chi connectivity index (χ2v) is 12.0. The van der Waals surface area contributed by atoms with E-state index in [1.54, 1.807) is 17.1 Å². The maximum absolute atomic E-state index is 13.1. The third-order valence-corrected chi connectivity index (χ3v) is 10.0. The Kier molecular flexibility index (Phi) is 5.33. The summed E-state index contributed by atoms with van der Waals surface area (Å²) in [5.41, 5.74) is -0.0848. The zero-order valence-electron chi connectivity index (χ0n) is 18.5. The molecule has 1 N–H and O–H groups in total. The zero-order valence-corrected chi connectivity index (χ0v) is 19.3. The van der Waals surface area contributed by atoms with Gasteiger partial charge < -0.3 is 5.11 Å². The van der Waals surface area contributed by atoms with Gasteiger partial charge >= 0.3 is 0 Å². The summed E-state index contributed by atoms with van der Waals surface area (Å²) in [6.07, 6.45) is 15.1.